The molecule has 4 heteroatoms. The zero-order valence-electron chi connectivity index (χ0n) is 14.5. The van der Waals surface area contributed by atoms with E-state index < -0.39 is 5.54 Å². The molecule has 0 spiro atoms. The van der Waals surface area contributed by atoms with Crippen LogP contribution in [0.2, 0.25) is 0 Å². The maximum Gasteiger partial charge on any atom is 0.243 e. The summed E-state index contributed by atoms with van der Waals surface area (Å²) in [4.78, 5) is 15.0. The Morgan fingerprint density at radius 3 is 2.57 bits per heavy atom. The van der Waals surface area contributed by atoms with Crippen LogP contribution in [0.1, 0.15) is 53.9 Å². The van der Waals surface area contributed by atoms with E-state index in [0.717, 1.165) is 25.9 Å². The molecule has 0 bridgehead atoms. The van der Waals surface area contributed by atoms with E-state index >= 15 is 0 Å². The fraction of sp³-hybridized carbons (Fsp3) is 0.941. The minimum atomic E-state index is -0.780. The first-order valence-corrected chi connectivity index (χ1v) is 8.31. The molecule has 2 N–H and O–H groups in total. The van der Waals surface area contributed by atoms with Crippen LogP contribution in [0.3, 0.4) is 0 Å². The van der Waals surface area contributed by atoms with Crippen LogP contribution < -0.4 is 5.73 Å². The molecule has 1 amide bonds. The number of hydrogen-bond donors (Lipinski definition) is 1. The van der Waals surface area contributed by atoms with E-state index in [9.17, 15) is 4.79 Å². The third-order valence-electron chi connectivity index (χ3n) is 5.83. The molecule has 4 atom stereocenters. The van der Waals surface area contributed by atoms with Crippen LogP contribution in [-0.2, 0) is 9.53 Å². The van der Waals surface area contributed by atoms with E-state index in [1.165, 1.54) is 0 Å². The molecule has 0 radical (unpaired) electrons. The highest BCUT2D eigenvalue weighted by atomic mass is 16.5. The maximum absolute atomic E-state index is 13.1. The molecule has 2 aliphatic rings. The van der Waals surface area contributed by atoms with E-state index in [2.05, 4.69) is 34.6 Å². The molecule has 0 aromatic rings. The van der Waals surface area contributed by atoms with Crippen LogP contribution in [0.25, 0.3) is 0 Å². The molecule has 1 heterocycles. The van der Waals surface area contributed by atoms with Gasteiger partial charge in [0.15, 0.2) is 0 Å². The quantitative estimate of drug-likeness (QED) is 0.867. The smallest absolute Gasteiger partial charge is 0.243 e. The molecule has 2 fully saturated rings. The Balaban J connectivity index is 2.17. The van der Waals surface area contributed by atoms with Gasteiger partial charge in [-0.25, -0.2) is 0 Å². The number of likely N-dealkylation sites (N-methyl/N-ethyl adjacent to an activating group) is 1. The van der Waals surface area contributed by atoms with Gasteiger partial charge in [0.25, 0.3) is 0 Å². The molecule has 2 rings (SSSR count). The minimum Gasteiger partial charge on any atom is -0.377 e. The van der Waals surface area contributed by atoms with Crippen molar-refractivity contribution in [3.8, 4) is 0 Å². The Kier molecular flexibility index (Phi) is 4.42. The van der Waals surface area contributed by atoms with Crippen molar-refractivity contribution >= 4 is 5.91 Å². The molecule has 21 heavy (non-hydrogen) atoms. The Morgan fingerprint density at radius 2 is 2.00 bits per heavy atom. The lowest BCUT2D eigenvalue weighted by atomic mass is 9.46. The summed E-state index contributed by atoms with van der Waals surface area (Å²) < 4.78 is 5.89. The second-order valence-corrected chi connectivity index (χ2v) is 8.03. The van der Waals surface area contributed by atoms with Crippen LogP contribution >= 0.6 is 0 Å². The van der Waals surface area contributed by atoms with Gasteiger partial charge < -0.3 is 15.4 Å². The molecule has 4 unspecified atom stereocenters. The van der Waals surface area contributed by atoms with Crippen molar-refractivity contribution in [2.24, 2.45) is 23.0 Å². The first-order chi connectivity index (χ1) is 9.64. The molecule has 122 valence electrons. The Bertz CT molecular complexity index is 408. The summed E-state index contributed by atoms with van der Waals surface area (Å²) in [6, 6.07) is 0.220. The van der Waals surface area contributed by atoms with Crippen LogP contribution in [0, 0.1) is 17.3 Å². The monoisotopic (exact) mass is 296 g/mol. The maximum atomic E-state index is 13.1. The number of hydrogen-bond acceptors (Lipinski definition) is 3. The lowest BCUT2D eigenvalue weighted by Crippen LogP contribution is -2.82. The third-order valence-corrected chi connectivity index (χ3v) is 5.83. The van der Waals surface area contributed by atoms with Gasteiger partial charge in [-0.05, 0) is 32.1 Å². The van der Waals surface area contributed by atoms with Gasteiger partial charge >= 0.3 is 0 Å². The van der Waals surface area contributed by atoms with Crippen LogP contribution in [0.15, 0.2) is 0 Å². The Morgan fingerprint density at radius 1 is 1.38 bits per heavy atom. The van der Waals surface area contributed by atoms with E-state index in [1.807, 2.05) is 11.9 Å². The van der Waals surface area contributed by atoms with Crippen molar-refractivity contribution < 1.29 is 9.53 Å². The first kappa shape index (κ1) is 16.8. The standard InChI is InChI=1S/C17H32N2O2/c1-11(2)10-12(3)19(6)15(20)17(18)13-8-7-9-21-14(13)16(17,4)5/h11-14H,7-10,18H2,1-6H3. The summed E-state index contributed by atoms with van der Waals surface area (Å²) >= 11 is 0. The Labute approximate surface area is 129 Å². The van der Waals surface area contributed by atoms with Crippen molar-refractivity contribution in [2.45, 2.75) is 71.6 Å². The van der Waals surface area contributed by atoms with Crippen molar-refractivity contribution in [3.05, 3.63) is 0 Å². The fourth-order valence-electron chi connectivity index (χ4n) is 4.34. The van der Waals surface area contributed by atoms with Crippen molar-refractivity contribution in [1.82, 2.24) is 4.90 Å². The topological polar surface area (TPSA) is 55.6 Å². The number of amides is 1. The van der Waals surface area contributed by atoms with Crippen LogP contribution in [-0.4, -0.2) is 42.1 Å². The van der Waals surface area contributed by atoms with Gasteiger partial charge in [0.1, 0.15) is 5.54 Å². The number of carbonyl (C=O) groups is 1. The lowest BCUT2D eigenvalue weighted by Gasteiger charge is -2.65. The van der Waals surface area contributed by atoms with Crippen LogP contribution in [0.5, 0.6) is 0 Å². The Hall–Kier alpha value is -0.610. The second-order valence-electron chi connectivity index (χ2n) is 8.03. The number of ether oxygens (including phenoxy) is 1. The van der Waals surface area contributed by atoms with E-state index in [-0.39, 0.29) is 29.4 Å². The van der Waals surface area contributed by atoms with Crippen LogP contribution in [0.4, 0.5) is 0 Å². The summed E-state index contributed by atoms with van der Waals surface area (Å²) in [7, 11) is 1.90. The average Bonchev–Trinajstić information content (AvgIpc) is 2.44. The first-order valence-electron chi connectivity index (χ1n) is 8.31. The van der Waals surface area contributed by atoms with Gasteiger partial charge in [-0.3, -0.25) is 4.79 Å². The highest BCUT2D eigenvalue weighted by molar-refractivity contribution is 5.89. The van der Waals surface area contributed by atoms with Gasteiger partial charge in [0, 0.05) is 31.0 Å². The molecular formula is C17H32N2O2. The summed E-state index contributed by atoms with van der Waals surface area (Å²) in [6.07, 6.45) is 3.15. The van der Waals surface area contributed by atoms with Gasteiger partial charge in [0.05, 0.1) is 6.10 Å². The van der Waals surface area contributed by atoms with Crippen molar-refractivity contribution in [2.75, 3.05) is 13.7 Å². The summed E-state index contributed by atoms with van der Waals surface area (Å²) in [6.45, 7) is 11.4. The minimum absolute atomic E-state index is 0.0902. The molecular weight excluding hydrogens is 264 g/mol. The lowest BCUT2D eigenvalue weighted by molar-refractivity contribution is -0.230. The number of nitrogens with two attached hydrogens (primary N) is 1. The molecule has 1 aliphatic carbocycles. The van der Waals surface area contributed by atoms with E-state index in [1.54, 1.807) is 0 Å². The van der Waals surface area contributed by atoms with E-state index in [4.69, 9.17) is 10.5 Å². The summed E-state index contributed by atoms with van der Waals surface area (Å²) in [5.41, 5.74) is 5.61. The molecule has 4 nitrogen and oxygen atoms in total. The molecule has 0 aromatic heterocycles. The van der Waals surface area contributed by atoms with Gasteiger partial charge in [-0.2, -0.15) is 0 Å². The second kappa shape index (κ2) is 5.54. The largest absolute Gasteiger partial charge is 0.377 e. The number of nitrogens with zero attached hydrogens (tertiary/aromatic N) is 1. The number of carbonyl (C=O) groups excluding carboxylic acids is 1. The summed E-state index contributed by atoms with van der Waals surface area (Å²) in [5, 5.41) is 0. The van der Waals surface area contributed by atoms with Crippen molar-refractivity contribution in [3.63, 3.8) is 0 Å². The van der Waals surface area contributed by atoms with E-state index in [0.29, 0.717) is 5.92 Å². The number of fused-ring (bicyclic) bond motifs is 1. The number of rotatable bonds is 4. The molecule has 1 saturated heterocycles. The molecule has 1 aliphatic heterocycles. The SMILES string of the molecule is CC(C)CC(C)N(C)C(=O)C1(N)C2CCCOC2C1(C)C. The molecule has 1 saturated carbocycles. The predicted molar refractivity (Wildman–Crippen MR) is 84.9 cm³/mol. The third kappa shape index (κ3) is 2.40. The normalized spacial score (nSPS) is 35.8. The highest BCUT2D eigenvalue weighted by Gasteiger charge is 2.70. The van der Waals surface area contributed by atoms with Gasteiger partial charge in [0.2, 0.25) is 5.91 Å². The predicted octanol–water partition coefficient (Wildman–Crippen LogP) is 2.41. The summed E-state index contributed by atoms with van der Waals surface area (Å²) in [5.74, 6) is 0.832. The zero-order chi connectivity index (χ0) is 16.0. The van der Waals surface area contributed by atoms with Crippen molar-refractivity contribution in [1.29, 1.82) is 0 Å². The zero-order valence-corrected chi connectivity index (χ0v) is 14.5. The average molecular weight is 296 g/mol. The molecule has 0 aromatic carbocycles. The fourth-order valence-corrected chi connectivity index (χ4v) is 4.34. The highest BCUT2D eigenvalue weighted by Crippen LogP contribution is 2.58. The van der Waals surface area contributed by atoms with Gasteiger partial charge in [-0.1, -0.05) is 27.7 Å². The van der Waals surface area contributed by atoms with Gasteiger partial charge in [-0.15, -0.1) is 0 Å².